The molecular formula is C19H30N4O4. The van der Waals surface area contributed by atoms with Crippen LogP contribution in [0.15, 0.2) is 6.20 Å². The molecular weight excluding hydrogens is 348 g/mol. The van der Waals surface area contributed by atoms with Gasteiger partial charge in [-0.25, -0.2) is 0 Å². The fourth-order valence-corrected chi connectivity index (χ4v) is 3.70. The lowest BCUT2D eigenvalue weighted by atomic mass is 10.1. The molecule has 1 unspecified atom stereocenters. The topological polar surface area (TPSA) is 95.7 Å². The molecule has 0 aromatic carbocycles. The largest absolute Gasteiger partial charge is 0.480 e. The van der Waals surface area contributed by atoms with Gasteiger partial charge in [-0.05, 0) is 47.0 Å². The van der Waals surface area contributed by atoms with Gasteiger partial charge in [-0.1, -0.05) is 0 Å². The van der Waals surface area contributed by atoms with E-state index in [0.29, 0.717) is 31.5 Å². The van der Waals surface area contributed by atoms with Gasteiger partial charge in [0.1, 0.15) is 6.54 Å². The van der Waals surface area contributed by atoms with E-state index in [0.717, 1.165) is 12.1 Å². The van der Waals surface area contributed by atoms with E-state index in [1.807, 2.05) is 32.4 Å². The first kappa shape index (κ1) is 20.9. The van der Waals surface area contributed by atoms with E-state index < -0.39 is 5.97 Å². The molecule has 2 heterocycles. The standard InChI is InChI=1S/C19H30N4O4/c1-13-16(11-20-23(13)19(3,4)5)18(27)21-9-6-7-15(8-10-21)22(14(2)24)12-17(25)26/h11,15H,6-10,12H2,1-5H3,(H,25,26). The highest BCUT2D eigenvalue weighted by Gasteiger charge is 2.29. The molecule has 27 heavy (non-hydrogen) atoms. The molecule has 1 aliphatic heterocycles. The van der Waals surface area contributed by atoms with E-state index in [2.05, 4.69) is 5.10 Å². The maximum atomic E-state index is 13.0. The van der Waals surface area contributed by atoms with Crippen molar-refractivity contribution in [1.82, 2.24) is 19.6 Å². The number of carbonyl (C=O) groups is 3. The Balaban J connectivity index is 2.12. The number of likely N-dealkylation sites (tertiary alicyclic amines) is 1. The predicted molar refractivity (Wildman–Crippen MR) is 101 cm³/mol. The highest BCUT2D eigenvalue weighted by Crippen LogP contribution is 2.22. The smallest absolute Gasteiger partial charge is 0.323 e. The van der Waals surface area contributed by atoms with Crippen molar-refractivity contribution in [3.05, 3.63) is 17.5 Å². The fraction of sp³-hybridized carbons (Fsp3) is 0.684. The quantitative estimate of drug-likeness (QED) is 0.863. The summed E-state index contributed by atoms with van der Waals surface area (Å²) < 4.78 is 1.85. The van der Waals surface area contributed by atoms with E-state index in [9.17, 15) is 14.4 Å². The summed E-state index contributed by atoms with van der Waals surface area (Å²) in [4.78, 5) is 39.1. The first-order chi connectivity index (χ1) is 12.5. The van der Waals surface area contributed by atoms with Gasteiger partial charge in [-0.15, -0.1) is 0 Å². The highest BCUT2D eigenvalue weighted by atomic mass is 16.4. The Bertz CT molecular complexity index is 720. The molecule has 2 rings (SSSR count). The van der Waals surface area contributed by atoms with Crippen LogP contribution in [0.2, 0.25) is 0 Å². The lowest BCUT2D eigenvalue weighted by Gasteiger charge is -2.29. The number of rotatable bonds is 4. The van der Waals surface area contributed by atoms with Crippen LogP contribution in [-0.4, -0.2) is 68.1 Å². The number of carboxylic acids is 1. The van der Waals surface area contributed by atoms with Crippen molar-refractivity contribution in [3.8, 4) is 0 Å². The van der Waals surface area contributed by atoms with Crippen molar-refractivity contribution in [2.45, 2.75) is 65.5 Å². The molecule has 8 heteroatoms. The Morgan fingerprint density at radius 3 is 2.44 bits per heavy atom. The SMILES string of the molecule is CC(=O)N(CC(=O)O)C1CCCN(C(=O)c2cnn(C(C)(C)C)c2C)CC1. The van der Waals surface area contributed by atoms with Crippen molar-refractivity contribution in [1.29, 1.82) is 0 Å². The van der Waals surface area contributed by atoms with Crippen molar-refractivity contribution in [2.24, 2.45) is 0 Å². The average Bonchev–Trinajstić information content (AvgIpc) is 2.78. The molecule has 1 N–H and O–H groups in total. The molecule has 0 aliphatic carbocycles. The number of aliphatic carboxylic acids is 1. The zero-order valence-electron chi connectivity index (χ0n) is 16.9. The molecule has 1 saturated heterocycles. The van der Waals surface area contributed by atoms with Crippen LogP contribution in [-0.2, 0) is 15.1 Å². The van der Waals surface area contributed by atoms with Gasteiger partial charge in [0.25, 0.3) is 5.91 Å². The monoisotopic (exact) mass is 378 g/mol. The summed E-state index contributed by atoms with van der Waals surface area (Å²) >= 11 is 0. The van der Waals surface area contributed by atoms with Crippen molar-refractivity contribution in [3.63, 3.8) is 0 Å². The van der Waals surface area contributed by atoms with Gasteiger partial charge in [-0.2, -0.15) is 5.10 Å². The number of carbonyl (C=O) groups excluding carboxylic acids is 2. The minimum absolute atomic E-state index is 0.0590. The minimum Gasteiger partial charge on any atom is -0.480 e. The first-order valence-corrected chi connectivity index (χ1v) is 9.35. The molecule has 0 bridgehead atoms. The van der Waals surface area contributed by atoms with E-state index in [1.54, 1.807) is 11.1 Å². The van der Waals surface area contributed by atoms with Crippen LogP contribution in [0.1, 0.15) is 63.0 Å². The molecule has 8 nitrogen and oxygen atoms in total. The van der Waals surface area contributed by atoms with Crippen molar-refractivity contribution in [2.75, 3.05) is 19.6 Å². The summed E-state index contributed by atoms with van der Waals surface area (Å²) in [7, 11) is 0. The Morgan fingerprint density at radius 2 is 1.93 bits per heavy atom. The number of amides is 2. The second kappa shape index (κ2) is 8.10. The van der Waals surface area contributed by atoms with Crippen LogP contribution >= 0.6 is 0 Å². The van der Waals surface area contributed by atoms with Gasteiger partial charge in [0.15, 0.2) is 0 Å². The summed E-state index contributed by atoms with van der Waals surface area (Å²) in [5, 5.41) is 13.4. The van der Waals surface area contributed by atoms with Gasteiger partial charge in [0, 0.05) is 31.7 Å². The summed E-state index contributed by atoms with van der Waals surface area (Å²) in [6.45, 7) is 10.2. The maximum absolute atomic E-state index is 13.0. The predicted octanol–water partition coefficient (Wildman–Crippen LogP) is 1.87. The van der Waals surface area contributed by atoms with E-state index in [-0.39, 0.29) is 29.9 Å². The second-order valence-electron chi connectivity index (χ2n) is 8.14. The lowest BCUT2D eigenvalue weighted by molar-refractivity contribution is -0.145. The molecule has 1 aliphatic rings. The summed E-state index contributed by atoms with van der Waals surface area (Å²) in [5.41, 5.74) is 1.23. The Hall–Kier alpha value is -2.38. The van der Waals surface area contributed by atoms with Crippen molar-refractivity contribution < 1.29 is 19.5 Å². The molecule has 0 radical (unpaired) electrons. The molecule has 2 amide bonds. The fourth-order valence-electron chi connectivity index (χ4n) is 3.70. The molecule has 0 spiro atoms. The van der Waals surface area contributed by atoms with Gasteiger partial charge in [0.05, 0.1) is 17.3 Å². The van der Waals surface area contributed by atoms with Gasteiger partial charge < -0.3 is 14.9 Å². The molecule has 1 atom stereocenters. The Morgan fingerprint density at radius 1 is 1.26 bits per heavy atom. The second-order valence-corrected chi connectivity index (χ2v) is 8.14. The van der Waals surface area contributed by atoms with Gasteiger partial charge >= 0.3 is 5.97 Å². The third kappa shape index (κ3) is 4.87. The number of hydrogen-bond acceptors (Lipinski definition) is 4. The molecule has 1 fully saturated rings. The Kier molecular flexibility index (Phi) is 6.28. The maximum Gasteiger partial charge on any atom is 0.323 e. The summed E-state index contributed by atoms with van der Waals surface area (Å²) in [5.74, 6) is -1.33. The first-order valence-electron chi connectivity index (χ1n) is 9.35. The van der Waals surface area contributed by atoms with E-state index >= 15 is 0 Å². The third-order valence-corrected chi connectivity index (χ3v) is 5.01. The van der Waals surface area contributed by atoms with Crippen LogP contribution in [0.4, 0.5) is 0 Å². The zero-order chi connectivity index (χ0) is 20.4. The van der Waals surface area contributed by atoms with Crippen LogP contribution in [0, 0.1) is 6.92 Å². The number of nitrogens with zero attached hydrogens (tertiary/aromatic N) is 4. The van der Waals surface area contributed by atoms with Crippen molar-refractivity contribution >= 4 is 17.8 Å². The van der Waals surface area contributed by atoms with Crippen LogP contribution in [0.5, 0.6) is 0 Å². The Labute approximate surface area is 160 Å². The van der Waals surface area contributed by atoms with Gasteiger partial charge in [-0.3, -0.25) is 19.1 Å². The molecule has 0 saturated carbocycles. The average molecular weight is 378 g/mol. The van der Waals surface area contributed by atoms with Crippen LogP contribution < -0.4 is 0 Å². The van der Waals surface area contributed by atoms with Crippen LogP contribution in [0.3, 0.4) is 0 Å². The lowest BCUT2D eigenvalue weighted by Crippen LogP contribution is -2.43. The number of hydrogen-bond donors (Lipinski definition) is 1. The van der Waals surface area contributed by atoms with E-state index in [4.69, 9.17) is 5.11 Å². The minimum atomic E-state index is -1.02. The third-order valence-electron chi connectivity index (χ3n) is 5.01. The molecule has 1 aromatic rings. The van der Waals surface area contributed by atoms with Crippen LogP contribution in [0.25, 0.3) is 0 Å². The van der Waals surface area contributed by atoms with Gasteiger partial charge in [0.2, 0.25) is 5.91 Å². The molecule has 1 aromatic heterocycles. The normalized spacial score (nSPS) is 18.1. The summed E-state index contributed by atoms with van der Waals surface area (Å²) in [6, 6.07) is -0.158. The zero-order valence-corrected chi connectivity index (χ0v) is 16.9. The highest BCUT2D eigenvalue weighted by molar-refractivity contribution is 5.95. The number of carboxylic acid groups (broad SMARTS) is 1. The van der Waals surface area contributed by atoms with E-state index in [1.165, 1.54) is 11.8 Å². The number of aromatic nitrogens is 2. The summed E-state index contributed by atoms with van der Waals surface area (Å²) in [6.07, 6.45) is 3.62. The molecule has 150 valence electrons.